The van der Waals surface area contributed by atoms with E-state index < -0.39 is 11.3 Å². The Kier molecular flexibility index (Phi) is 4.43. The molecule has 1 amide bonds. The van der Waals surface area contributed by atoms with Gasteiger partial charge in [0.05, 0.1) is 13.5 Å². The van der Waals surface area contributed by atoms with Crippen molar-refractivity contribution in [2.45, 2.75) is 25.3 Å². The van der Waals surface area contributed by atoms with Crippen molar-refractivity contribution in [3.8, 4) is 5.75 Å². The van der Waals surface area contributed by atoms with E-state index in [2.05, 4.69) is 0 Å². The van der Waals surface area contributed by atoms with Gasteiger partial charge in [-0.15, -0.1) is 0 Å². The van der Waals surface area contributed by atoms with E-state index in [9.17, 15) is 9.59 Å². The van der Waals surface area contributed by atoms with Gasteiger partial charge >= 0.3 is 0 Å². The summed E-state index contributed by atoms with van der Waals surface area (Å²) < 4.78 is 5.07. The Balaban J connectivity index is 2.01. The second-order valence-corrected chi connectivity index (χ2v) is 4.95. The first-order chi connectivity index (χ1) is 9.11. The number of rotatable bonds is 4. The zero-order valence-corrected chi connectivity index (χ0v) is 11.5. The quantitative estimate of drug-likeness (QED) is 0.793. The number of carbonyl (C=O) groups is 2. The molecular weight excluding hydrogens is 266 g/mol. The van der Waals surface area contributed by atoms with Crippen LogP contribution >= 0.6 is 11.6 Å². The van der Waals surface area contributed by atoms with Gasteiger partial charge in [-0.05, 0) is 42.1 Å². The minimum Gasteiger partial charge on any atom is -0.497 e. The summed E-state index contributed by atoms with van der Waals surface area (Å²) in [7, 11) is 1.60. The maximum Gasteiger partial charge on any atom is 0.244 e. The molecule has 102 valence electrons. The molecule has 1 fully saturated rings. The van der Waals surface area contributed by atoms with Gasteiger partial charge in [0, 0.05) is 6.54 Å². The minimum absolute atomic E-state index is 0.0540. The molecule has 0 bridgehead atoms. The zero-order valence-electron chi connectivity index (χ0n) is 10.8. The molecule has 1 saturated heterocycles. The summed E-state index contributed by atoms with van der Waals surface area (Å²) in [6.07, 6.45) is 1.78. The molecule has 0 radical (unpaired) electrons. The van der Waals surface area contributed by atoms with Crippen molar-refractivity contribution >= 4 is 22.8 Å². The van der Waals surface area contributed by atoms with Crippen LogP contribution in [0.25, 0.3) is 0 Å². The van der Waals surface area contributed by atoms with Crippen LogP contribution in [-0.2, 0) is 16.0 Å². The molecule has 0 aliphatic carbocycles. The van der Waals surface area contributed by atoms with Crippen LogP contribution in [0, 0.1) is 0 Å². The summed E-state index contributed by atoms with van der Waals surface area (Å²) in [4.78, 5) is 25.0. The molecule has 4 nitrogen and oxygen atoms in total. The third-order valence-electron chi connectivity index (χ3n) is 3.35. The number of ether oxygens (including phenoxy) is 1. The summed E-state index contributed by atoms with van der Waals surface area (Å²) in [5.74, 6) is 0.702. The standard InChI is InChI=1S/C14H16ClNO3/c1-19-11-6-4-10(5-7-11)9-13(17)16-8-2-3-12(16)14(15)18/h4-7,12H,2-3,8-9H2,1H3. The van der Waals surface area contributed by atoms with E-state index in [0.717, 1.165) is 17.7 Å². The molecule has 0 saturated carbocycles. The molecule has 0 N–H and O–H groups in total. The minimum atomic E-state index is -0.451. The number of methoxy groups -OCH3 is 1. The first kappa shape index (κ1) is 13.9. The lowest BCUT2D eigenvalue weighted by Gasteiger charge is -2.21. The van der Waals surface area contributed by atoms with Gasteiger partial charge in [-0.25, -0.2) is 0 Å². The largest absolute Gasteiger partial charge is 0.497 e. The van der Waals surface area contributed by atoms with E-state index in [1.807, 2.05) is 24.3 Å². The summed E-state index contributed by atoms with van der Waals surface area (Å²) in [5, 5.41) is -0.444. The molecule has 0 spiro atoms. The fourth-order valence-corrected chi connectivity index (χ4v) is 2.55. The van der Waals surface area contributed by atoms with E-state index in [1.54, 1.807) is 12.0 Å². The molecule has 1 aliphatic rings. The highest BCUT2D eigenvalue weighted by molar-refractivity contribution is 6.64. The highest BCUT2D eigenvalue weighted by Gasteiger charge is 2.32. The van der Waals surface area contributed by atoms with Crippen LogP contribution in [0.5, 0.6) is 5.75 Å². The Hall–Kier alpha value is -1.55. The topological polar surface area (TPSA) is 46.6 Å². The second kappa shape index (κ2) is 6.06. The highest BCUT2D eigenvalue weighted by Crippen LogP contribution is 2.21. The average molecular weight is 282 g/mol. The van der Waals surface area contributed by atoms with Crippen molar-refractivity contribution < 1.29 is 14.3 Å². The molecule has 1 heterocycles. The first-order valence-corrected chi connectivity index (χ1v) is 6.61. The molecule has 1 unspecified atom stereocenters. The van der Waals surface area contributed by atoms with Gasteiger partial charge in [0.15, 0.2) is 0 Å². The molecule has 0 aromatic heterocycles. The molecule has 1 aliphatic heterocycles. The fraction of sp³-hybridized carbons (Fsp3) is 0.429. The average Bonchev–Trinajstić information content (AvgIpc) is 2.89. The molecule has 2 rings (SSSR count). The lowest BCUT2D eigenvalue weighted by molar-refractivity contribution is -0.134. The van der Waals surface area contributed by atoms with Gasteiger partial charge < -0.3 is 9.64 Å². The lowest BCUT2D eigenvalue weighted by Crippen LogP contribution is -2.39. The van der Waals surface area contributed by atoms with E-state index in [0.29, 0.717) is 13.0 Å². The van der Waals surface area contributed by atoms with E-state index >= 15 is 0 Å². The van der Waals surface area contributed by atoms with Gasteiger partial charge in [-0.1, -0.05) is 12.1 Å². The Morgan fingerprint density at radius 2 is 2.05 bits per heavy atom. The molecule has 1 atom stereocenters. The summed E-state index contributed by atoms with van der Waals surface area (Å²) in [6, 6.07) is 6.88. The Bertz CT molecular complexity index is 472. The van der Waals surface area contributed by atoms with Crippen molar-refractivity contribution in [2.24, 2.45) is 0 Å². The number of nitrogens with zero attached hydrogens (tertiary/aromatic N) is 1. The zero-order chi connectivity index (χ0) is 13.8. The summed E-state index contributed by atoms with van der Waals surface area (Å²) in [6.45, 7) is 0.609. The van der Waals surface area contributed by atoms with Crippen molar-refractivity contribution in [2.75, 3.05) is 13.7 Å². The number of amides is 1. The first-order valence-electron chi connectivity index (χ1n) is 6.23. The molecule has 1 aromatic rings. The third kappa shape index (κ3) is 3.26. The van der Waals surface area contributed by atoms with Gasteiger partial charge in [0.25, 0.3) is 0 Å². The van der Waals surface area contributed by atoms with E-state index in [1.165, 1.54) is 0 Å². The van der Waals surface area contributed by atoms with Gasteiger partial charge in [-0.3, -0.25) is 9.59 Å². The number of halogens is 1. The lowest BCUT2D eigenvalue weighted by atomic mass is 10.1. The van der Waals surface area contributed by atoms with Crippen molar-refractivity contribution in [1.29, 1.82) is 0 Å². The van der Waals surface area contributed by atoms with Crippen LogP contribution in [-0.4, -0.2) is 35.7 Å². The number of hydrogen-bond donors (Lipinski definition) is 0. The Morgan fingerprint density at radius 1 is 1.37 bits per heavy atom. The fourth-order valence-electron chi connectivity index (χ4n) is 2.32. The Labute approximate surface area is 117 Å². The maximum absolute atomic E-state index is 12.2. The summed E-state index contributed by atoms with van der Waals surface area (Å²) in [5.41, 5.74) is 0.901. The monoisotopic (exact) mass is 281 g/mol. The van der Waals surface area contributed by atoms with E-state index in [-0.39, 0.29) is 12.3 Å². The highest BCUT2D eigenvalue weighted by atomic mass is 35.5. The maximum atomic E-state index is 12.2. The SMILES string of the molecule is COc1ccc(CC(=O)N2CCCC2C(=O)Cl)cc1. The normalized spacial score (nSPS) is 18.4. The van der Waals surface area contributed by atoms with Crippen molar-refractivity contribution in [1.82, 2.24) is 4.90 Å². The van der Waals surface area contributed by atoms with Crippen LogP contribution in [0.1, 0.15) is 18.4 Å². The second-order valence-electron chi connectivity index (χ2n) is 4.57. The predicted molar refractivity (Wildman–Crippen MR) is 72.3 cm³/mol. The predicted octanol–water partition coefficient (Wildman–Crippen LogP) is 1.99. The Morgan fingerprint density at radius 3 is 2.63 bits per heavy atom. The van der Waals surface area contributed by atoms with Crippen LogP contribution in [0.2, 0.25) is 0 Å². The van der Waals surface area contributed by atoms with Crippen LogP contribution in [0.3, 0.4) is 0 Å². The molecule has 5 heteroatoms. The molecule has 19 heavy (non-hydrogen) atoms. The number of carbonyl (C=O) groups excluding carboxylic acids is 2. The van der Waals surface area contributed by atoms with Crippen LogP contribution < -0.4 is 4.74 Å². The summed E-state index contributed by atoms with van der Waals surface area (Å²) >= 11 is 5.52. The number of benzene rings is 1. The third-order valence-corrected chi connectivity index (χ3v) is 3.60. The molecule has 1 aromatic carbocycles. The van der Waals surface area contributed by atoms with Crippen molar-refractivity contribution in [3.05, 3.63) is 29.8 Å². The van der Waals surface area contributed by atoms with Crippen LogP contribution in [0.15, 0.2) is 24.3 Å². The van der Waals surface area contributed by atoms with Gasteiger partial charge in [0.1, 0.15) is 11.8 Å². The van der Waals surface area contributed by atoms with Gasteiger partial charge in [0.2, 0.25) is 11.1 Å². The van der Waals surface area contributed by atoms with E-state index in [4.69, 9.17) is 16.3 Å². The van der Waals surface area contributed by atoms with Crippen molar-refractivity contribution in [3.63, 3.8) is 0 Å². The number of hydrogen-bond acceptors (Lipinski definition) is 3. The van der Waals surface area contributed by atoms with Gasteiger partial charge in [-0.2, -0.15) is 0 Å². The molecular formula is C14H16ClNO3. The smallest absolute Gasteiger partial charge is 0.244 e. The number of likely N-dealkylation sites (tertiary alicyclic amines) is 1. The van der Waals surface area contributed by atoms with Crippen LogP contribution in [0.4, 0.5) is 0 Å².